The SMILES string of the molecule is N#CC1=C(N)Oc2cc(N)ccc2[C@@H]1c1c(F)cccc1F. The van der Waals surface area contributed by atoms with E-state index in [9.17, 15) is 14.0 Å². The second kappa shape index (κ2) is 5.04. The van der Waals surface area contributed by atoms with Crippen molar-refractivity contribution in [1.82, 2.24) is 0 Å². The van der Waals surface area contributed by atoms with Gasteiger partial charge < -0.3 is 16.2 Å². The molecule has 3 rings (SSSR count). The summed E-state index contributed by atoms with van der Waals surface area (Å²) in [7, 11) is 0. The smallest absolute Gasteiger partial charge is 0.205 e. The summed E-state index contributed by atoms with van der Waals surface area (Å²) >= 11 is 0. The van der Waals surface area contributed by atoms with Gasteiger partial charge in [-0.25, -0.2) is 8.78 Å². The highest BCUT2D eigenvalue weighted by molar-refractivity contribution is 5.59. The number of nitrogens with zero attached hydrogens (tertiary/aromatic N) is 1. The molecule has 1 aliphatic heterocycles. The average Bonchev–Trinajstić information content (AvgIpc) is 2.46. The standard InChI is InChI=1S/C16H11F2N3O/c17-11-2-1-3-12(18)15(11)14-9-5-4-8(20)6-13(9)22-16(21)10(14)7-19/h1-6,14H,20-21H2/t14-/m0/s1. The van der Waals surface area contributed by atoms with Crippen molar-refractivity contribution in [1.29, 1.82) is 5.26 Å². The molecule has 0 spiro atoms. The van der Waals surface area contributed by atoms with Crippen LogP contribution in [-0.4, -0.2) is 0 Å². The second-order valence-electron chi connectivity index (χ2n) is 4.86. The van der Waals surface area contributed by atoms with Gasteiger partial charge in [0.2, 0.25) is 5.88 Å². The summed E-state index contributed by atoms with van der Waals surface area (Å²) in [6.45, 7) is 0. The van der Waals surface area contributed by atoms with Crippen molar-refractivity contribution in [2.75, 3.05) is 5.73 Å². The molecule has 0 saturated heterocycles. The van der Waals surface area contributed by atoms with E-state index in [1.165, 1.54) is 12.1 Å². The van der Waals surface area contributed by atoms with Crippen molar-refractivity contribution in [2.24, 2.45) is 5.73 Å². The Hall–Kier alpha value is -3.07. The maximum Gasteiger partial charge on any atom is 0.205 e. The van der Waals surface area contributed by atoms with Crippen LogP contribution in [0, 0.1) is 23.0 Å². The minimum absolute atomic E-state index is 0.0405. The molecule has 2 aromatic carbocycles. The Kier molecular flexibility index (Phi) is 3.18. The Labute approximate surface area is 125 Å². The summed E-state index contributed by atoms with van der Waals surface area (Å²) in [4.78, 5) is 0. The molecule has 6 heteroatoms. The monoisotopic (exact) mass is 299 g/mol. The van der Waals surface area contributed by atoms with Crippen LogP contribution in [0.2, 0.25) is 0 Å². The van der Waals surface area contributed by atoms with E-state index in [1.54, 1.807) is 12.1 Å². The van der Waals surface area contributed by atoms with Crippen molar-refractivity contribution in [3.8, 4) is 11.8 Å². The number of nitrogen functional groups attached to an aromatic ring is 1. The van der Waals surface area contributed by atoms with Crippen molar-refractivity contribution in [3.63, 3.8) is 0 Å². The molecule has 0 saturated carbocycles. The zero-order valence-electron chi connectivity index (χ0n) is 11.3. The molecule has 0 aromatic heterocycles. The topological polar surface area (TPSA) is 85.1 Å². The first-order valence-electron chi connectivity index (χ1n) is 6.44. The Morgan fingerprint density at radius 3 is 2.41 bits per heavy atom. The normalized spacial score (nSPS) is 16.7. The first-order chi connectivity index (χ1) is 10.5. The molecule has 1 aliphatic rings. The first kappa shape index (κ1) is 13.9. The molecule has 4 N–H and O–H groups in total. The number of hydrogen-bond acceptors (Lipinski definition) is 4. The van der Waals surface area contributed by atoms with Gasteiger partial charge in [0.25, 0.3) is 0 Å². The summed E-state index contributed by atoms with van der Waals surface area (Å²) in [5.41, 5.74) is 12.0. The molecule has 4 nitrogen and oxygen atoms in total. The Bertz CT molecular complexity index is 820. The first-order valence-corrected chi connectivity index (χ1v) is 6.44. The number of benzene rings is 2. The summed E-state index contributed by atoms with van der Waals surface area (Å²) in [6.07, 6.45) is 0. The van der Waals surface area contributed by atoms with E-state index in [2.05, 4.69) is 0 Å². The number of nitrogens with two attached hydrogens (primary N) is 2. The van der Waals surface area contributed by atoms with Crippen LogP contribution in [0.4, 0.5) is 14.5 Å². The van der Waals surface area contributed by atoms with Crippen molar-refractivity contribution >= 4 is 5.69 Å². The third-order valence-electron chi connectivity index (χ3n) is 3.53. The number of ether oxygens (including phenoxy) is 1. The van der Waals surface area contributed by atoms with Crippen LogP contribution in [0.25, 0.3) is 0 Å². The summed E-state index contributed by atoms with van der Waals surface area (Å²) in [5, 5.41) is 9.32. The highest BCUT2D eigenvalue weighted by Crippen LogP contribution is 2.44. The molecule has 0 bridgehead atoms. The average molecular weight is 299 g/mol. The molecule has 110 valence electrons. The van der Waals surface area contributed by atoms with Crippen LogP contribution in [0.15, 0.2) is 47.9 Å². The zero-order chi connectivity index (χ0) is 15.9. The zero-order valence-corrected chi connectivity index (χ0v) is 11.3. The van der Waals surface area contributed by atoms with E-state index in [4.69, 9.17) is 16.2 Å². The van der Waals surface area contributed by atoms with E-state index in [-0.39, 0.29) is 22.8 Å². The molecule has 0 radical (unpaired) electrons. The summed E-state index contributed by atoms with van der Waals surface area (Å²) in [5.74, 6) is -2.39. The van der Waals surface area contributed by atoms with Gasteiger partial charge in [-0.2, -0.15) is 5.26 Å². The predicted octanol–water partition coefficient (Wildman–Crippen LogP) is 2.77. The summed E-state index contributed by atoms with van der Waals surface area (Å²) < 4.78 is 33.7. The second-order valence-corrected chi connectivity index (χ2v) is 4.86. The Morgan fingerprint density at radius 1 is 1.09 bits per heavy atom. The molecular formula is C16H11F2N3O. The van der Waals surface area contributed by atoms with E-state index in [0.717, 1.165) is 12.1 Å². The lowest BCUT2D eigenvalue weighted by molar-refractivity contribution is 0.391. The van der Waals surface area contributed by atoms with E-state index in [0.29, 0.717) is 11.3 Å². The van der Waals surface area contributed by atoms with Crippen LogP contribution < -0.4 is 16.2 Å². The highest BCUT2D eigenvalue weighted by Gasteiger charge is 2.34. The van der Waals surface area contributed by atoms with Crippen LogP contribution in [0.3, 0.4) is 0 Å². The third-order valence-corrected chi connectivity index (χ3v) is 3.53. The van der Waals surface area contributed by atoms with Crippen LogP contribution in [0.5, 0.6) is 5.75 Å². The summed E-state index contributed by atoms with van der Waals surface area (Å²) in [6, 6.07) is 10.1. The number of nitriles is 1. The van der Waals surface area contributed by atoms with Crippen molar-refractivity contribution < 1.29 is 13.5 Å². The van der Waals surface area contributed by atoms with Gasteiger partial charge >= 0.3 is 0 Å². The number of hydrogen-bond donors (Lipinski definition) is 2. The van der Waals surface area contributed by atoms with Gasteiger partial charge in [-0.15, -0.1) is 0 Å². The van der Waals surface area contributed by atoms with E-state index in [1.807, 2.05) is 6.07 Å². The number of fused-ring (bicyclic) bond motifs is 1. The van der Waals surface area contributed by atoms with E-state index >= 15 is 0 Å². The van der Waals surface area contributed by atoms with Gasteiger partial charge in [-0.05, 0) is 18.2 Å². The van der Waals surface area contributed by atoms with Gasteiger partial charge in [0.15, 0.2) is 0 Å². The van der Waals surface area contributed by atoms with Gasteiger partial charge in [0.05, 0.1) is 5.92 Å². The minimum atomic E-state index is -0.976. The quantitative estimate of drug-likeness (QED) is 0.793. The largest absolute Gasteiger partial charge is 0.440 e. The molecule has 1 atom stereocenters. The molecule has 22 heavy (non-hydrogen) atoms. The Morgan fingerprint density at radius 2 is 1.77 bits per heavy atom. The molecule has 0 fully saturated rings. The number of halogens is 2. The third kappa shape index (κ3) is 2.04. The highest BCUT2D eigenvalue weighted by atomic mass is 19.1. The van der Waals surface area contributed by atoms with Crippen LogP contribution >= 0.6 is 0 Å². The molecule has 1 heterocycles. The van der Waals surface area contributed by atoms with Gasteiger partial charge in [0.1, 0.15) is 29.0 Å². The lowest BCUT2D eigenvalue weighted by atomic mass is 9.83. The maximum atomic E-state index is 14.2. The fraction of sp³-hybridized carbons (Fsp3) is 0.0625. The van der Waals surface area contributed by atoms with Gasteiger partial charge in [-0.3, -0.25) is 0 Å². The maximum absolute atomic E-state index is 14.2. The fourth-order valence-corrected chi connectivity index (χ4v) is 2.56. The van der Waals surface area contributed by atoms with Crippen molar-refractivity contribution in [2.45, 2.75) is 5.92 Å². The molecular weight excluding hydrogens is 288 g/mol. The molecule has 0 amide bonds. The van der Waals surface area contributed by atoms with Crippen LogP contribution in [-0.2, 0) is 0 Å². The van der Waals surface area contributed by atoms with Gasteiger partial charge in [0, 0.05) is 22.9 Å². The molecule has 0 aliphatic carbocycles. The molecule has 2 aromatic rings. The number of anilines is 1. The predicted molar refractivity (Wildman–Crippen MR) is 76.5 cm³/mol. The minimum Gasteiger partial charge on any atom is -0.440 e. The number of allylic oxidation sites excluding steroid dienone is 1. The van der Waals surface area contributed by atoms with Gasteiger partial charge in [-0.1, -0.05) is 12.1 Å². The van der Waals surface area contributed by atoms with Crippen LogP contribution in [0.1, 0.15) is 17.0 Å². The fourth-order valence-electron chi connectivity index (χ4n) is 2.56. The van der Waals surface area contributed by atoms with Crippen molar-refractivity contribution in [3.05, 3.63) is 70.6 Å². The van der Waals surface area contributed by atoms with E-state index < -0.39 is 17.6 Å². The lowest BCUT2D eigenvalue weighted by Gasteiger charge is -2.27. The number of rotatable bonds is 1. The lowest BCUT2D eigenvalue weighted by Crippen LogP contribution is -2.22. The molecule has 0 unspecified atom stereocenters. The Balaban J connectivity index is 2.31.